The number of benzene rings is 2. The van der Waals surface area contributed by atoms with Crippen molar-refractivity contribution in [2.75, 3.05) is 21.3 Å². The van der Waals surface area contributed by atoms with E-state index in [1.165, 1.54) is 6.07 Å². The molecule has 5 nitrogen and oxygen atoms in total. The Morgan fingerprint density at radius 1 is 0.929 bits per heavy atom. The first-order chi connectivity index (χ1) is 13.3. The highest BCUT2D eigenvalue weighted by atomic mass is 35.5. The molecule has 0 radical (unpaired) electrons. The molecule has 0 aliphatic heterocycles. The Kier molecular flexibility index (Phi) is 5.96. The van der Waals surface area contributed by atoms with E-state index in [1.54, 1.807) is 20.3 Å². The molecule has 0 amide bonds. The zero-order valence-electron chi connectivity index (χ0n) is 16.8. The summed E-state index contributed by atoms with van der Waals surface area (Å²) in [5, 5.41) is 1.51. The fraction of sp³-hybridized carbons (Fsp3) is 0.318. The van der Waals surface area contributed by atoms with E-state index >= 15 is 0 Å². The van der Waals surface area contributed by atoms with Crippen LogP contribution in [0.2, 0.25) is 5.02 Å². The van der Waals surface area contributed by atoms with Gasteiger partial charge in [0, 0.05) is 29.6 Å². The van der Waals surface area contributed by atoms with Crippen LogP contribution in [-0.4, -0.2) is 26.2 Å². The van der Waals surface area contributed by atoms with Gasteiger partial charge in [-0.05, 0) is 67.4 Å². The Labute approximate surface area is 169 Å². The molecular weight excluding hydrogens is 378 g/mol. The molecule has 0 fully saturated rings. The number of ether oxygens (including phenoxy) is 2. The summed E-state index contributed by atoms with van der Waals surface area (Å²) in [5.41, 5.74) is 4.19. The maximum absolute atomic E-state index is 12.0. The van der Waals surface area contributed by atoms with Gasteiger partial charge in [-0.15, -0.1) is 0 Å². The Morgan fingerprint density at radius 2 is 1.57 bits per heavy atom. The molecule has 0 spiro atoms. The van der Waals surface area contributed by atoms with Crippen LogP contribution in [0.25, 0.3) is 11.0 Å². The van der Waals surface area contributed by atoms with Crippen molar-refractivity contribution < 1.29 is 13.9 Å². The topological polar surface area (TPSA) is 51.9 Å². The van der Waals surface area contributed by atoms with E-state index < -0.39 is 0 Å². The van der Waals surface area contributed by atoms with E-state index in [0.29, 0.717) is 35.2 Å². The van der Waals surface area contributed by atoms with Crippen LogP contribution in [0.4, 0.5) is 0 Å². The molecule has 0 saturated carbocycles. The van der Waals surface area contributed by atoms with Crippen LogP contribution in [0.1, 0.15) is 22.3 Å². The van der Waals surface area contributed by atoms with Crippen molar-refractivity contribution in [3.05, 3.63) is 68.0 Å². The number of aryl methyl sites for hydroxylation is 2. The number of fused-ring (bicyclic) bond motifs is 1. The molecule has 28 heavy (non-hydrogen) atoms. The number of hydrogen-bond donors (Lipinski definition) is 0. The second-order valence-electron chi connectivity index (χ2n) is 6.99. The Morgan fingerprint density at radius 3 is 2.25 bits per heavy atom. The average Bonchev–Trinajstić information content (AvgIpc) is 2.64. The van der Waals surface area contributed by atoms with E-state index in [2.05, 4.69) is 4.90 Å². The van der Waals surface area contributed by atoms with Gasteiger partial charge in [-0.1, -0.05) is 11.6 Å². The molecule has 6 heteroatoms. The molecule has 1 heterocycles. The van der Waals surface area contributed by atoms with Gasteiger partial charge in [-0.2, -0.15) is 0 Å². The van der Waals surface area contributed by atoms with E-state index in [0.717, 1.165) is 27.6 Å². The monoisotopic (exact) mass is 401 g/mol. The quantitative estimate of drug-likeness (QED) is 0.560. The lowest BCUT2D eigenvalue weighted by atomic mass is 10.1. The highest BCUT2D eigenvalue weighted by molar-refractivity contribution is 6.32. The summed E-state index contributed by atoms with van der Waals surface area (Å²) < 4.78 is 16.1. The van der Waals surface area contributed by atoms with Crippen molar-refractivity contribution in [2.24, 2.45) is 0 Å². The maximum atomic E-state index is 12.0. The van der Waals surface area contributed by atoms with E-state index in [9.17, 15) is 4.79 Å². The number of nitrogens with zero attached hydrogens (tertiary/aromatic N) is 1. The lowest BCUT2D eigenvalue weighted by molar-refractivity contribution is 0.316. The van der Waals surface area contributed by atoms with E-state index in [-0.39, 0.29) is 5.63 Å². The summed E-state index contributed by atoms with van der Waals surface area (Å²) in [4.78, 5) is 14.1. The molecule has 148 valence electrons. The van der Waals surface area contributed by atoms with Gasteiger partial charge < -0.3 is 13.9 Å². The lowest BCUT2D eigenvalue weighted by Crippen LogP contribution is -2.19. The van der Waals surface area contributed by atoms with Crippen molar-refractivity contribution in [1.82, 2.24) is 4.90 Å². The zero-order chi connectivity index (χ0) is 20.4. The summed E-state index contributed by atoms with van der Waals surface area (Å²) in [5.74, 6) is 1.41. The van der Waals surface area contributed by atoms with Crippen LogP contribution in [-0.2, 0) is 13.1 Å². The standard InChI is InChI=1S/C22H24ClNO4/c1-13-6-20(26-4)21(27-5)8-15(13)11-24(3)12-16-9-22(25)28-19-7-14(2)18(23)10-17(16)19/h6-10H,11-12H2,1-5H3. The highest BCUT2D eigenvalue weighted by Crippen LogP contribution is 2.31. The van der Waals surface area contributed by atoms with Crippen LogP contribution < -0.4 is 15.1 Å². The van der Waals surface area contributed by atoms with Gasteiger partial charge in [-0.25, -0.2) is 4.79 Å². The predicted octanol–water partition coefficient (Wildman–Crippen LogP) is 4.71. The van der Waals surface area contributed by atoms with Crippen molar-refractivity contribution >= 4 is 22.6 Å². The highest BCUT2D eigenvalue weighted by Gasteiger charge is 2.13. The van der Waals surface area contributed by atoms with Crippen molar-refractivity contribution in [1.29, 1.82) is 0 Å². The molecule has 0 saturated heterocycles. The van der Waals surface area contributed by atoms with Crippen LogP contribution in [0.5, 0.6) is 11.5 Å². The average molecular weight is 402 g/mol. The largest absolute Gasteiger partial charge is 0.493 e. The van der Waals surface area contributed by atoms with Gasteiger partial charge in [0.1, 0.15) is 5.58 Å². The number of hydrogen-bond acceptors (Lipinski definition) is 5. The third-order valence-corrected chi connectivity index (χ3v) is 5.24. The molecule has 3 aromatic rings. The molecule has 3 rings (SSSR count). The summed E-state index contributed by atoms with van der Waals surface area (Å²) in [6.07, 6.45) is 0. The van der Waals surface area contributed by atoms with Gasteiger partial charge in [0.2, 0.25) is 0 Å². The van der Waals surface area contributed by atoms with Gasteiger partial charge >= 0.3 is 5.63 Å². The minimum absolute atomic E-state index is 0.361. The summed E-state index contributed by atoms with van der Waals surface area (Å²) in [6.45, 7) is 5.20. The Balaban J connectivity index is 1.91. The lowest BCUT2D eigenvalue weighted by Gasteiger charge is -2.20. The third kappa shape index (κ3) is 4.16. The first-order valence-electron chi connectivity index (χ1n) is 8.95. The number of methoxy groups -OCH3 is 2. The Hall–Kier alpha value is -2.50. The first kappa shape index (κ1) is 20.2. The molecule has 2 aromatic carbocycles. The summed E-state index contributed by atoms with van der Waals surface area (Å²) in [7, 11) is 5.26. The summed E-state index contributed by atoms with van der Waals surface area (Å²) in [6, 6.07) is 9.16. The van der Waals surface area contributed by atoms with Crippen molar-refractivity contribution in [2.45, 2.75) is 26.9 Å². The smallest absolute Gasteiger partial charge is 0.336 e. The van der Waals surface area contributed by atoms with Crippen molar-refractivity contribution in [3.8, 4) is 11.5 Å². The van der Waals surface area contributed by atoms with Gasteiger partial charge in [0.15, 0.2) is 11.5 Å². The fourth-order valence-electron chi connectivity index (χ4n) is 3.31. The van der Waals surface area contributed by atoms with E-state index in [4.69, 9.17) is 25.5 Å². The fourth-order valence-corrected chi connectivity index (χ4v) is 3.47. The first-order valence-corrected chi connectivity index (χ1v) is 9.33. The minimum atomic E-state index is -0.361. The van der Waals surface area contributed by atoms with Gasteiger partial charge in [0.25, 0.3) is 0 Å². The molecule has 0 N–H and O–H groups in total. The van der Waals surface area contributed by atoms with Crippen LogP contribution >= 0.6 is 11.6 Å². The van der Waals surface area contributed by atoms with Crippen LogP contribution in [0.3, 0.4) is 0 Å². The molecule has 0 atom stereocenters. The van der Waals surface area contributed by atoms with Crippen molar-refractivity contribution in [3.63, 3.8) is 0 Å². The molecule has 0 unspecified atom stereocenters. The Bertz CT molecular complexity index is 1070. The van der Waals surface area contributed by atoms with Crippen LogP contribution in [0, 0.1) is 13.8 Å². The second-order valence-corrected chi connectivity index (χ2v) is 7.40. The predicted molar refractivity (Wildman–Crippen MR) is 112 cm³/mol. The zero-order valence-corrected chi connectivity index (χ0v) is 17.5. The van der Waals surface area contributed by atoms with Gasteiger partial charge in [-0.3, -0.25) is 4.90 Å². The maximum Gasteiger partial charge on any atom is 0.336 e. The molecular formula is C22H24ClNO4. The second kappa shape index (κ2) is 8.25. The molecule has 0 aliphatic carbocycles. The molecule has 0 bridgehead atoms. The van der Waals surface area contributed by atoms with Gasteiger partial charge in [0.05, 0.1) is 14.2 Å². The van der Waals surface area contributed by atoms with E-state index in [1.807, 2.05) is 39.1 Å². The number of rotatable bonds is 6. The molecule has 0 aliphatic rings. The van der Waals surface area contributed by atoms with Crippen LogP contribution in [0.15, 0.2) is 39.5 Å². The SMILES string of the molecule is COc1cc(C)c(CN(C)Cc2cc(=O)oc3cc(C)c(Cl)cc23)cc1OC. The third-order valence-electron chi connectivity index (χ3n) is 4.83. The molecule has 1 aromatic heterocycles. The summed E-state index contributed by atoms with van der Waals surface area (Å²) >= 11 is 6.29. The minimum Gasteiger partial charge on any atom is -0.493 e. The normalized spacial score (nSPS) is 11.2. The number of halogens is 1.